The second-order valence-corrected chi connectivity index (χ2v) is 7.64. The van der Waals surface area contributed by atoms with Crippen LogP contribution in [0.25, 0.3) is 11.3 Å². The summed E-state index contributed by atoms with van der Waals surface area (Å²) in [5.41, 5.74) is 2.66. The Kier molecular flexibility index (Phi) is 4.77. The fourth-order valence-corrected chi connectivity index (χ4v) is 3.78. The van der Waals surface area contributed by atoms with E-state index in [1.54, 1.807) is 28.6 Å². The molecular formula is C20H19N3O3S. The zero-order valence-corrected chi connectivity index (χ0v) is 15.7. The molecule has 27 heavy (non-hydrogen) atoms. The summed E-state index contributed by atoms with van der Waals surface area (Å²) in [7, 11) is 0. The number of hydrogen-bond acceptors (Lipinski definition) is 5. The molecule has 1 aliphatic rings. The number of hydrogen-bond donors (Lipinski definition) is 1. The first-order valence-corrected chi connectivity index (χ1v) is 9.60. The van der Waals surface area contributed by atoms with Gasteiger partial charge in [-0.2, -0.15) is 0 Å². The van der Waals surface area contributed by atoms with Gasteiger partial charge in [0, 0.05) is 29.6 Å². The van der Waals surface area contributed by atoms with Crippen molar-refractivity contribution in [2.75, 3.05) is 11.9 Å². The van der Waals surface area contributed by atoms with Crippen LogP contribution in [0.3, 0.4) is 0 Å². The first kappa shape index (κ1) is 17.5. The number of anilines is 1. The van der Waals surface area contributed by atoms with Crippen molar-refractivity contribution < 1.29 is 14.0 Å². The molecule has 0 aliphatic carbocycles. The van der Waals surface area contributed by atoms with Crippen molar-refractivity contribution >= 4 is 28.8 Å². The minimum Gasteiger partial charge on any atom is -0.467 e. The first-order valence-electron chi connectivity index (χ1n) is 8.72. The lowest BCUT2D eigenvalue weighted by atomic mass is 10.1. The zero-order valence-electron chi connectivity index (χ0n) is 14.8. The number of carbonyl (C=O) groups is 2. The van der Waals surface area contributed by atoms with Crippen LogP contribution >= 0.6 is 11.3 Å². The Labute approximate surface area is 160 Å². The lowest BCUT2D eigenvalue weighted by molar-refractivity contribution is -0.128. The zero-order chi connectivity index (χ0) is 18.8. The standard InChI is InChI=1S/C20H19N3O3S/c1-13-21-18(12-27-13)14-4-6-16(7-5-14)22-20(25)15-9-19(24)23(10-15)11-17-3-2-8-26-17/h2-8,12,15H,9-11H2,1H3,(H,22,25). The van der Waals surface area contributed by atoms with E-state index in [1.165, 1.54) is 0 Å². The summed E-state index contributed by atoms with van der Waals surface area (Å²) < 4.78 is 5.29. The number of rotatable bonds is 5. The van der Waals surface area contributed by atoms with Crippen molar-refractivity contribution in [1.82, 2.24) is 9.88 Å². The van der Waals surface area contributed by atoms with Crippen LogP contribution in [0.15, 0.2) is 52.5 Å². The molecule has 1 N–H and O–H groups in total. The second kappa shape index (κ2) is 7.36. The molecule has 2 amide bonds. The van der Waals surface area contributed by atoms with Gasteiger partial charge in [-0.05, 0) is 31.2 Å². The molecule has 0 radical (unpaired) electrons. The summed E-state index contributed by atoms with van der Waals surface area (Å²) in [5.74, 6) is 0.203. The highest BCUT2D eigenvalue weighted by Gasteiger charge is 2.34. The molecule has 0 saturated carbocycles. The van der Waals surface area contributed by atoms with E-state index < -0.39 is 0 Å². The average molecular weight is 381 g/mol. The topological polar surface area (TPSA) is 75.4 Å². The summed E-state index contributed by atoms with van der Waals surface area (Å²) in [6.07, 6.45) is 1.80. The van der Waals surface area contributed by atoms with Gasteiger partial charge in [-0.25, -0.2) is 4.98 Å². The molecule has 3 heterocycles. The summed E-state index contributed by atoms with van der Waals surface area (Å²) in [6, 6.07) is 11.2. The molecule has 1 saturated heterocycles. The molecule has 0 spiro atoms. The van der Waals surface area contributed by atoms with Crippen LogP contribution in [0, 0.1) is 12.8 Å². The van der Waals surface area contributed by atoms with E-state index in [9.17, 15) is 9.59 Å². The van der Waals surface area contributed by atoms with Crippen LogP contribution < -0.4 is 5.32 Å². The van der Waals surface area contributed by atoms with Gasteiger partial charge in [-0.3, -0.25) is 9.59 Å². The van der Waals surface area contributed by atoms with Gasteiger partial charge in [0.05, 0.1) is 29.4 Å². The number of aryl methyl sites for hydroxylation is 1. The van der Waals surface area contributed by atoms with Gasteiger partial charge in [0.25, 0.3) is 0 Å². The Hall–Kier alpha value is -2.93. The van der Waals surface area contributed by atoms with Crippen LogP contribution in [0.4, 0.5) is 5.69 Å². The Balaban J connectivity index is 1.37. The molecule has 138 valence electrons. The van der Waals surface area contributed by atoms with E-state index in [-0.39, 0.29) is 24.2 Å². The van der Waals surface area contributed by atoms with Gasteiger partial charge in [-0.15, -0.1) is 11.3 Å². The number of carbonyl (C=O) groups excluding carboxylic acids is 2. The fourth-order valence-electron chi connectivity index (χ4n) is 3.16. The third-order valence-electron chi connectivity index (χ3n) is 4.58. The molecule has 1 aliphatic heterocycles. The molecule has 0 bridgehead atoms. The third kappa shape index (κ3) is 3.93. The average Bonchev–Trinajstić information content (AvgIpc) is 3.39. The van der Waals surface area contributed by atoms with Crippen molar-refractivity contribution in [2.24, 2.45) is 5.92 Å². The number of amides is 2. The monoisotopic (exact) mass is 381 g/mol. The van der Waals surface area contributed by atoms with Gasteiger partial charge < -0.3 is 14.6 Å². The number of furan rings is 1. The second-order valence-electron chi connectivity index (χ2n) is 6.57. The highest BCUT2D eigenvalue weighted by atomic mass is 32.1. The summed E-state index contributed by atoms with van der Waals surface area (Å²) in [4.78, 5) is 30.8. The van der Waals surface area contributed by atoms with E-state index in [0.717, 1.165) is 22.0 Å². The third-order valence-corrected chi connectivity index (χ3v) is 5.35. The summed E-state index contributed by atoms with van der Waals surface area (Å²) >= 11 is 1.61. The molecule has 2 aromatic heterocycles. The van der Waals surface area contributed by atoms with Gasteiger partial charge in [0.15, 0.2) is 0 Å². The lowest BCUT2D eigenvalue weighted by Gasteiger charge is -2.15. The molecule has 7 heteroatoms. The van der Waals surface area contributed by atoms with Gasteiger partial charge in [0.2, 0.25) is 11.8 Å². The largest absolute Gasteiger partial charge is 0.467 e. The molecule has 1 atom stereocenters. The molecule has 4 rings (SSSR count). The highest BCUT2D eigenvalue weighted by Crippen LogP contribution is 2.25. The molecule has 3 aromatic rings. The smallest absolute Gasteiger partial charge is 0.229 e. The minimum atomic E-state index is -0.353. The Bertz CT molecular complexity index is 947. The van der Waals surface area contributed by atoms with Crippen molar-refractivity contribution in [3.8, 4) is 11.3 Å². The minimum absolute atomic E-state index is 0.0270. The van der Waals surface area contributed by atoms with Crippen molar-refractivity contribution in [2.45, 2.75) is 19.9 Å². The quantitative estimate of drug-likeness (QED) is 0.731. The normalized spacial score (nSPS) is 16.7. The fraction of sp³-hybridized carbons (Fsp3) is 0.250. The summed E-state index contributed by atoms with van der Waals surface area (Å²) in [6.45, 7) is 2.78. The Morgan fingerprint density at radius 1 is 1.33 bits per heavy atom. The number of likely N-dealkylation sites (tertiary alicyclic amines) is 1. The Morgan fingerprint density at radius 2 is 2.15 bits per heavy atom. The van der Waals surface area contributed by atoms with Crippen molar-refractivity contribution in [1.29, 1.82) is 0 Å². The number of thiazole rings is 1. The number of aromatic nitrogens is 1. The predicted octanol–water partition coefficient (Wildman–Crippen LogP) is 3.70. The van der Waals surface area contributed by atoms with Crippen LogP contribution in [-0.2, 0) is 16.1 Å². The summed E-state index contributed by atoms with van der Waals surface area (Å²) in [5, 5.41) is 5.94. The SMILES string of the molecule is Cc1nc(-c2ccc(NC(=O)C3CC(=O)N(Cc4ccco4)C3)cc2)cs1. The van der Waals surface area contributed by atoms with Gasteiger partial charge in [0.1, 0.15) is 5.76 Å². The lowest BCUT2D eigenvalue weighted by Crippen LogP contribution is -2.27. The first-order chi connectivity index (χ1) is 13.1. The van der Waals surface area contributed by atoms with E-state index >= 15 is 0 Å². The van der Waals surface area contributed by atoms with E-state index in [4.69, 9.17) is 4.42 Å². The molecule has 6 nitrogen and oxygen atoms in total. The molecule has 1 aromatic carbocycles. The number of benzene rings is 1. The Morgan fingerprint density at radius 3 is 2.81 bits per heavy atom. The van der Waals surface area contributed by atoms with Gasteiger partial charge in [-0.1, -0.05) is 12.1 Å². The van der Waals surface area contributed by atoms with E-state index in [1.807, 2.05) is 42.6 Å². The van der Waals surface area contributed by atoms with Crippen LogP contribution in [0.5, 0.6) is 0 Å². The number of nitrogens with zero attached hydrogens (tertiary/aromatic N) is 2. The predicted molar refractivity (Wildman–Crippen MR) is 103 cm³/mol. The van der Waals surface area contributed by atoms with Crippen molar-refractivity contribution in [3.05, 3.63) is 58.8 Å². The van der Waals surface area contributed by atoms with E-state index in [0.29, 0.717) is 18.8 Å². The van der Waals surface area contributed by atoms with Crippen LogP contribution in [0.2, 0.25) is 0 Å². The van der Waals surface area contributed by atoms with Crippen molar-refractivity contribution in [3.63, 3.8) is 0 Å². The molecule has 1 unspecified atom stereocenters. The maximum Gasteiger partial charge on any atom is 0.229 e. The highest BCUT2D eigenvalue weighted by molar-refractivity contribution is 7.09. The van der Waals surface area contributed by atoms with Crippen LogP contribution in [-0.4, -0.2) is 28.2 Å². The molecular weight excluding hydrogens is 362 g/mol. The van der Waals surface area contributed by atoms with Gasteiger partial charge >= 0.3 is 0 Å². The maximum absolute atomic E-state index is 12.5. The molecule has 1 fully saturated rings. The van der Waals surface area contributed by atoms with E-state index in [2.05, 4.69) is 10.3 Å². The number of nitrogens with one attached hydrogen (secondary N) is 1. The van der Waals surface area contributed by atoms with Crippen LogP contribution in [0.1, 0.15) is 17.2 Å². The maximum atomic E-state index is 12.5.